The van der Waals surface area contributed by atoms with Crippen LogP contribution >= 0.6 is 11.6 Å². The molecule has 2 fully saturated rings. The minimum absolute atomic E-state index is 0.0143. The van der Waals surface area contributed by atoms with Gasteiger partial charge >= 0.3 is 0 Å². The Morgan fingerprint density at radius 3 is 2.34 bits per heavy atom. The molecular weight excluding hydrogens is 589 g/mol. The van der Waals surface area contributed by atoms with Gasteiger partial charge in [-0.2, -0.15) is 5.10 Å². The van der Waals surface area contributed by atoms with E-state index in [0.29, 0.717) is 43.3 Å². The number of likely N-dealkylation sites (N-methyl/N-ethyl adjacent to an activating group) is 1. The molecule has 2 aliphatic heterocycles. The van der Waals surface area contributed by atoms with Crippen molar-refractivity contribution in [1.29, 1.82) is 0 Å². The Morgan fingerprint density at radius 1 is 1.02 bits per heavy atom. The standard InChI is InChI=1S/C29H33ClFN5O3.C2H6O.CH2O/c1-34-14-15-35(13-3-4-26(34)19-5-7-20(30)8-6-19)29(38)24-18-36(27-11-12-28(37)33-32-27)17-23(24)22-10-9-21(39-2)16-25(22)31;1-3-2;1-2/h5-12,16,23-24,26H,3-4,13-15,17-18H2,1-2H3,(H,33,37);1-2H3;1H2/t23-,24?,26-;;/m0../s1. The van der Waals surface area contributed by atoms with Crippen LogP contribution in [-0.4, -0.2) is 93.8 Å². The summed E-state index contributed by atoms with van der Waals surface area (Å²) in [6.07, 6.45) is 1.76. The van der Waals surface area contributed by atoms with Crippen molar-refractivity contribution in [3.8, 4) is 5.75 Å². The highest BCUT2D eigenvalue weighted by Crippen LogP contribution is 2.38. The molecule has 0 bridgehead atoms. The van der Waals surface area contributed by atoms with Crippen LogP contribution in [0.15, 0.2) is 59.4 Å². The van der Waals surface area contributed by atoms with Gasteiger partial charge in [-0.15, -0.1) is 0 Å². The summed E-state index contributed by atoms with van der Waals surface area (Å²) in [6.45, 7) is 4.74. The maximum absolute atomic E-state index is 15.2. The zero-order chi connectivity index (χ0) is 32.2. The van der Waals surface area contributed by atoms with Crippen LogP contribution in [0.4, 0.5) is 10.2 Å². The number of nitrogens with one attached hydrogen (secondary N) is 1. The van der Waals surface area contributed by atoms with Gasteiger partial charge < -0.3 is 24.1 Å². The van der Waals surface area contributed by atoms with Gasteiger partial charge in [0.1, 0.15) is 24.2 Å². The van der Waals surface area contributed by atoms with E-state index in [-0.39, 0.29) is 23.4 Å². The Labute approximate surface area is 262 Å². The molecule has 3 aromatic rings. The molecule has 0 aliphatic carbocycles. The van der Waals surface area contributed by atoms with E-state index in [1.165, 1.54) is 24.8 Å². The molecule has 1 N–H and O–H groups in total. The number of amides is 1. The third kappa shape index (κ3) is 8.64. The average molecular weight is 630 g/mol. The quantitative estimate of drug-likeness (QED) is 0.448. The van der Waals surface area contributed by atoms with Crippen LogP contribution in [0.2, 0.25) is 5.02 Å². The molecule has 2 aliphatic rings. The lowest BCUT2D eigenvalue weighted by Crippen LogP contribution is -2.45. The summed E-state index contributed by atoms with van der Waals surface area (Å²) in [4.78, 5) is 39.8. The fraction of sp³-hybridized carbons (Fsp3) is 0.438. The molecule has 0 spiro atoms. The van der Waals surface area contributed by atoms with Gasteiger partial charge in [0, 0.05) is 76.1 Å². The normalized spacial score (nSPS) is 20.4. The molecule has 1 amide bonds. The second kappa shape index (κ2) is 16.9. The number of aromatic amines is 1. The lowest BCUT2D eigenvalue weighted by atomic mass is 9.87. The van der Waals surface area contributed by atoms with Crippen LogP contribution in [0.3, 0.4) is 0 Å². The van der Waals surface area contributed by atoms with E-state index in [1.54, 1.807) is 32.4 Å². The van der Waals surface area contributed by atoms with E-state index in [2.05, 4.69) is 39.0 Å². The van der Waals surface area contributed by atoms with Crippen molar-refractivity contribution in [3.63, 3.8) is 0 Å². The molecule has 5 rings (SSSR count). The summed E-state index contributed by atoms with van der Waals surface area (Å²) in [7, 11) is 6.83. The smallest absolute Gasteiger partial charge is 0.264 e. The molecule has 3 heterocycles. The number of hydrogen-bond donors (Lipinski definition) is 1. The number of ether oxygens (including phenoxy) is 2. The maximum Gasteiger partial charge on any atom is 0.264 e. The van der Waals surface area contributed by atoms with Crippen molar-refractivity contribution in [2.45, 2.75) is 24.8 Å². The topological polar surface area (TPSA) is 108 Å². The summed E-state index contributed by atoms with van der Waals surface area (Å²) in [5.74, 6) is -0.229. The predicted molar refractivity (Wildman–Crippen MR) is 169 cm³/mol. The Kier molecular flexibility index (Phi) is 13.3. The van der Waals surface area contributed by atoms with Crippen LogP contribution in [0, 0.1) is 11.7 Å². The fourth-order valence-corrected chi connectivity index (χ4v) is 5.93. The number of methoxy groups -OCH3 is 2. The molecule has 2 saturated heterocycles. The van der Waals surface area contributed by atoms with Crippen LogP contribution in [0.1, 0.15) is 35.9 Å². The Bertz CT molecular complexity index is 1390. The highest BCUT2D eigenvalue weighted by molar-refractivity contribution is 6.30. The second-order valence-electron chi connectivity index (χ2n) is 10.7. The first-order valence-electron chi connectivity index (χ1n) is 14.3. The van der Waals surface area contributed by atoms with Gasteiger partial charge in [0.2, 0.25) is 5.91 Å². The molecule has 1 unspecified atom stereocenters. The summed E-state index contributed by atoms with van der Waals surface area (Å²) in [5.41, 5.74) is 1.40. The Morgan fingerprint density at radius 2 is 1.73 bits per heavy atom. The van der Waals surface area contributed by atoms with E-state index >= 15 is 4.39 Å². The van der Waals surface area contributed by atoms with E-state index < -0.39 is 11.7 Å². The molecule has 0 saturated carbocycles. The van der Waals surface area contributed by atoms with Gasteiger partial charge in [0.15, 0.2) is 0 Å². The van der Waals surface area contributed by atoms with Crippen molar-refractivity contribution in [1.82, 2.24) is 20.0 Å². The summed E-state index contributed by atoms with van der Waals surface area (Å²) in [5, 5.41) is 7.34. The first kappa shape index (κ1) is 34.7. The maximum atomic E-state index is 15.2. The number of nitrogens with zero attached hydrogens (tertiary/aromatic N) is 4. The van der Waals surface area contributed by atoms with E-state index in [9.17, 15) is 9.59 Å². The number of rotatable bonds is 5. The average Bonchev–Trinajstić information content (AvgIpc) is 3.46. The van der Waals surface area contributed by atoms with Gasteiger partial charge in [0.05, 0.1) is 13.0 Å². The van der Waals surface area contributed by atoms with Crippen molar-refractivity contribution in [3.05, 3.63) is 86.9 Å². The summed E-state index contributed by atoms with van der Waals surface area (Å²) in [6, 6.07) is 16.1. The molecule has 2 aromatic carbocycles. The van der Waals surface area contributed by atoms with Crippen molar-refractivity contribution in [2.75, 3.05) is 66.0 Å². The van der Waals surface area contributed by atoms with Gasteiger partial charge in [-0.25, -0.2) is 9.49 Å². The van der Waals surface area contributed by atoms with Gasteiger partial charge in [-0.3, -0.25) is 14.5 Å². The molecule has 238 valence electrons. The zero-order valence-corrected chi connectivity index (χ0v) is 26.4. The van der Waals surface area contributed by atoms with Crippen LogP contribution in [0.25, 0.3) is 0 Å². The van der Waals surface area contributed by atoms with Crippen LogP contribution in [-0.2, 0) is 14.3 Å². The summed E-state index contributed by atoms with van der Waals surface area (Å²) < 4.78 is 24.7. The summed E-state index contributed by atoms with van der Waals surface area (Å²) >= 11 is 6.09. The molecule has 1 aromatic heterocycles. The van der Waals surface area contributed by atoms with E-state index in [1.807, 2.05) is 28.7 Å². The predicted octanol–water partition coefficient (Wildman–Crippen LogP) is 4.16. The SMILES string of the molecule is C=O.COC.COc1ccc([C@@H]2CN(c3ccc(=O)[nH]n3)CC2C(=O)N2CCC[C@@H](c3ccc(Cl)cc3)N(C)CC2)c(F)c1. The molecule has 44 heavy (non-hydrogen) atoms. The largest absolute Gasteiger partial charge is 0.497 e. The lowest BCUT2D eigenvalue weighted by molar-refractivity contribution is -0.136. The minimum Gasteiger partial charge on any atom is -0.497 e. The molecular formula is C32H41ClFN5O5. The van der Waals surface area contributed by atoms with Crippen LogP contribution < -0.4 is 15.2 Å². The minimum atomic E-state index is -0.460. The first-order chi connectivity index (χ1) is 21.2. The second-order valence-corrected chi connectivity index (χ2v) is 11.1. The first-order valence-corrected chi connectivity index (χ1v) is 14.7. The number of halogens is 2. The third-order valence-corrected chi connectivity index (χ3v) is 8.21. The number of anilines is 1. The number of carbonyl (C=O) groups excluding carboxylic acids is 2. The van der Waals surface area contributed by atoms with Crippen molar-refractivity contribution >= 4 is 30.1 Å². The van der Waals surface area contributed by atoms with E-state index in [0.717, 1.165) is 24.4 Å². The number of H-pyrrole nitrogens is 1. The van der Waals surface area contributed by atoms with Crippen LogP contribution in [0.5, 0.6) is 5.75 Å². The monoisotopic (exact) mass is 629 g/mol. The van der Waals surface area contributed by atoms with Gasteiger partial charge in [-0.1, -0.05) is 29.8 Å². The number of carbonyl (C=O) groups is 2. The van der Waals surface area contributed by atoms with E-state index in [4.69, 9.17) is 21.1 Å². The highest BCUT2D eigenvalue weighted by Gasteiger charge is 2.42. The molecule has 0 radical (unpaired) electrons. The van der Waals surface area contributed by atoms with Gasteiger partial charge in [0.25, 0.3) is 5.56 Å². The fourth-order valence-electron chi connectivity index (χ4n) is 5.81. The molecule has 10 nitrogen and oxygen atoms in total. The number of aromatic nitrogens is 2. The molecule has 3 atom stereocenters. The van der Waals surface area contributed by atoms with Gasteiger partial charge in [-0.05, 0) is 55.3 Å². The van der Waals surface area contributed by atoms with Crippen molar-refractivity contribution in [2.24, 2.45) is 5.92 Å². The third-order valence-electron chi connectivity index (χ3n) is 7.96. The van der Waals surface area contributed by atoms with Crippen molar-refractivity contribution < 1.29 is 23.5 Å². The highest BCUT2D eigenvalue weighted by atomic mass is 35.5. The number of hydrogen-bond acceptors (Lipinski definition) is 8. The Hall–Kier alpha value is -3.80. The zero-order valence-electron chi connectivity index (χ0n) is 25.7. The molecule has 12 heteroatoms. The number of benzene rings is 2. The Balaban J connectivity index is 0.000000997. The lowest BCUT2D eigenvalue weighted by Gasteiger charge is -2.36.